The molecule has 0 radical (unpaired) electrons. The van der Waals surface area contributed by atoms with Crippen LogP contribution in [0.2, 0.25) is 0 Å². The summed E-state index contributed by atoms with van der Waals surface area (Å²) in [6.45, 7) is 3.19. The van der Waals surface area contributed by atoms with Crippen LogP contribution in [0.3, 0.4) is 0 Å². The molecule has 0 amide bonds. The molecule has 0 atom stereocenters. The van der Waals surface area contributed by atoms with Crippen molar-refractivity contribution in [3.8, 4) is 0 Å². The first kappa shape index (κ1) is 15.7. The zero-order valence-electron chi connectivity index (χ0n) is 11.8. The Morgan fingerprint density at radius 3 is 2.68 bits per heavy atom. The maximum absolute atomic E-state index is 12.7. The highest BCUT2D eigenvalue weighted by atomic mass is 19.4. The van der Waals surface area contributed by atoms with Crippen LogP contribution in [-0.4, -0.2) is 15.7 Å². The van der Waals surface area contributed by atoms with Gasteiger partial charge in [0.1, 0.15) is 0 Å². The molecule has 0 aliphatic heterocycles. The fraction of sp³-hybridized carbons (Fsp3) is 0.214. The lowest BCUT2D eigenvalue weighted by molar-refractivity contribution is -0.137. The first-order valence-electron chi connectivity index (χ1n) is 6.31. The van der Waals surface area contributed by atoms with E-state index in [1.807, 2.05) is 0 Å². The molecule has 0 spiro atoms. The first-order valence-corrected chi connectivity index (χ1v) is 6.31. The molecule has 0 aliphatic rings. The van der Waals surface area contributed by atoms with E-state index in [-0.39, 0.29) is 11.5 Å². The number of aromatic amines is 1. The van der Waals surface area contributed by atoms with Crippen LogP contribution in [0.5, 0.6) is 0 Å². The molecule has 0 aliphatic carbocycles. The van der Waals surface area contributed by atoms with E-state index >= 15 is 0 Å². The van der Waals surface area contributed by atoms with Crippen molar-refractivity contribution in [2.45, 2.75) is 20.0 Å². The standard InChI is InChI=1S/C14H13F3N4O/c1-8-6-12(22)19-13(18-8)21-20-9(2)10-4-3-5-11(7-10)14(15,16)17/h3-7H,1-2H3,(H2,18,19,21,22)/b20-9-. The maximum Gasteiger partial charge on any atom is 0.416 e. The number of H-pyrrole nitrogens is 1. The normalized spacial score (nSPS) is 12.3. The van der Waals surface area contributed by atoms with Crippen LogP contribution in [-0.2, 0) is 6.18 Å². The number of aryl methyl sites for hydroxylation is 1. The van der Waals surface area contributed by atoms with Gasteiger partial charge in [0.05, 0.1) is 11.3 Å². The Hall–Kier alpha value is -2.64. The third kappa shape index (κ3) is 3.94. The van der Waals surface area contributed by atoms with Crippen LogP contribution in [0.1, 0.15) is 23.7 Å². The molecule has 1 aromatic heterocycles. The molecule has 0 unspecified atom stereocenters. The summed E-state index contributed by atoms with van der Waals surface area (Å²) in [6, 6.07) is 6.14. The number of alkyl halides is 3. The van der Waals surface area contributed by atoms with Crippen LogP contribution in [0, 0.1) is 6.92 Å². The van der Waals surface area contributed by atoms with Crippen molar-refractivity contribution in [3.63, 3.8) is 0 Å². The topological polar surface area (TPSA) is 70.1 Å². The Kier molecular flexibility index (Phi) is 4.30. The minimum atomic E-state index is -4.41. The van der Waals surface area contributed by atoms with E-state index in [9.17, 15) is 18.0 Å². The molecule has 0 saturated carbocycles. The van der Waals surface area contributed by atoms with Gasteiger partial charge >= 0.3 is 6.18 Å². The van der Waals surface area contributed by atoms with Crippen molar-refractivity contribution >= 4 is 11.7 Å². The lowest BCUT2D eigenvalue weighted by atomic mass is 10.1. The van der Waals surface area contributed by atoms with Gasteiger partial charge in [0.15, 0.2) is 0 Å². The molecule has 0 fully saturated rings. The molecule has 2 N–H and O–H groups in total. The summed E-state index contributed by atoms with van der Waals surface area (Å²) < 4.78 is 38.0. The van der Waals surface area contributed by atoms with Crippen LogP contribution in [0.15, 0.2) is 40.2 Å². The molecule has 2 aromatic rings. The number of benzene rings is 1. The van der Waals surface area contributed by atoms with Crippen LogP contribution < -0.4 is 11.0 Å². The van der Waals surface area contributed by atoms with Crippen LogP contribution in [0.4, 0.5) is 19.1 Å². The highest BCUT2D eigenvalue weighted by Crippen LogP contribution is 2.29. The number of rotatable bonds is 3. The zero-order chi connectivity index (χ0) is 16.3. The maximum atomic E-state index is 12.7. The second kappa shape index (κ2) is 6.00. The molecule has 1 heterocycles. The minimum Gasteiger partial charge on any atom is -0.291 e. The largest absolute Gasteiger partial charge is 0.416 e. The summed E-state index contributed by atoms with van der Waals surface area (Å²) >= 11 is 0. The Balaban J connectivity index is 2.24. The fourth-order valence-electron chi connectivity index (χ4n) is 1.75. The molecule has 2 rings (SSSR count). The summed E-state index contributed by atoms with van der Waals surface area (Å²) in [5.41, 5.74) is 2.57. The monoisotopic (exact) mass is 310 g/mol. The van der Waals surface area contributed by atoms with Gasteiger partial charge in [-0.25, -0.2) is 10.4 Å². The summed E-state index contributed by atoms with van der Waals surface area (Å²) in [7, 11) is 0. The van der Waals surface area contributed by atoms with Gasteiger partial charge < -0.3 is 0 Å². The van der Waals surface area contributed by atoms with Gasteiger partial charge in [-0.3, -0.25) is 9.78 Å². The smallest absolute Gasteiger partial charge is 0.291 e. The average molecular weight is 310 g/mol. The van der Waals surface area contributed by atoms with E-state index in [0.29, 0.717) is 17.0 Å². The van der Waals surface area contributed by atoms with Gasteiger partial charge in [0, 0.05) is 11.8 Å². The predicted octanol–water partition coefficient (Wildman–Crippen LogP) is 2.93. The molecule has 22 heavy (non-hydrogen) atoms. The van der Waals surface area contributed by atoms with Gasteiger partial charge in [-0.1, -0.05) is 12.1 Å². The van der Waals surface area contributed by atoms with E-state index < -0.39 is 11.7 Å². The molecule has 1 aromatic carbocycles. The summed E-state index contributed by atoms with van der Waals surface area (Å²) in [5, 5.41) is 3.94. The molecule has 116 valence electrons. The number of hydrogen-bond donors (Lipinski definition) is 2. The van der Waals surface area contributed by atoms with E-state index in [1.165, 1.54) is 18.2 Å². The van der Waals surface area contributed by atoms with Crippen LogP contribution >= 0.6 is 0 Å². The van der Waals surface area contributed by atoms with Crippen molar-refractivity contribution in [1.82, 2.24) is 9.97 Å². The second-order valence-electron chi connectivity index (χ2n) is 4.62. The Bertz CT molecular complexity index is 765. The van der Waals surface area contributed by atoms with E-state index in [1.54, 1.807) is 13.8 Å². The van der Waals surface area contributed by atoms with E-state index in [2.05, 4.69) is 20.5 Å². The zero-order valence-corrected chi connectivity index (χ0v) is 11.8. The van der Waals surface area contributed by atoms with Gasteiger partial charge in [-0.2, -0.15) is 18.3 Å². The highest BCUT2D eigenvalue weighted by Gasteiger charge is 2.30. The Morgan fingerprint density at radius 1 is 1.32 bits per heavy atom. The minimum absolute atomic E-state index is 0.122. The molecular formula is C14H13F3N4O. The van der Waals surface area contributed by atoms with E-state index in [4.69, 9.17) is 0 Å². The summed E-state index contributed by atoms with van der Waals surface area (Å²) in [6.07, 6.45) is -4.41. The van der Waals surface area contributed by atoms with Crippen LogP contribution in [0.25, 0.3) is 0 Å². The first-order chi connectivity index (χ1) is 10.3. The molecule has 0 bridgehead atoms. The van der Waals surface area contributed by atoms with Gasteiger partial charge in [0.25, 0.3) is 5.56 Å². The van der Waals surface area contributed by atoms with Crippen molar-refractivity contribution in [3.05, 3.63) is 57.5 Å². The molecule has 5 nitrogen and oxygen atoms in total. The Morgan fingerprint density at radius 2 is 2.05 bits per heavy atom. The number of nitrogens with zero attached hydrogens (tertiary/aromatic N) is 2. The molecule has 8 heteroatoms. The van der Waals surface area contributed by atoms with Crippen molar-refractivity contribution in [2.75, 3.05) is 5.43 Å². The predicted molar refractivity (Wildman–Crippen MR) is 76.9 cm³/mol. The molecule has 0 saturated heterocycles. The van der Waals surface area contributed by atoms with Gasteiger partial charge in [0.2, 0.25) is 5.95 Å². The quantitative estimate of drug-likeness (QED) is 0.676. The van der Waals surface area contributed by atoms with E-state index in [0.717, 1.165) is 12.1 Å². The lowest BCUT2D eigenvalue weighted by Gasteiger charge is -2.08. The number of hydrazone groups is 1. The lowest BCUT2D eigenvalue weighted by Crippen LogP contribution is -2.11. The average Bonchev–Trinajstić information content (AvgIpc) is 2.43. The fourth-order valence-corrected chi connectivity index (χ4v) is 1.75. The van der Waals surface area contributed by atoms with Crippen molar-refractivity contribution < 1.29 is 13.2 Å². The summed E-state index contributed by atoms with van der Waals surface area (Å²) in [4.78, 5) is 17.7. The van der Waals surface area contributed by atoms with Gasteiger partial charge in [-0.05, 0) is 31.5 Å². The van der Waals surface area contributed by atoms with Crippen molar-refractivity contribution in [1.29, 1.82) is 0 Å². The number of nitrogens with one attached hydrogen (secondary N) is 2. The van der Waals surface area contributed by atoms with Gasteiger partial charge in [-0.15, -0.1) is 0 Å². The highest BCUT2D eigenvalue weighted by molar-refractivity contribution is 5.99. The summed E-state index contributed by atoms with van der Waals surface area (Å²) in [5.74, 6) is 0.122. The number of hydrogen-bond acceptors (Lipinski definition) is 4. The SMILES string of the molecule is C/C(=N/Nc1nc(C)cc(=O)[nH]1)c1cccc(C(F)(F)F)c1. The number of anilines is 1. The second-order valence-corrected chi connectivity index (χ2v) is 4.62. The van der Waals surface area contributed by atoms with Crippen molar-refractivity contribution in [2.24, 2.45) is 5.10 Å². The Labute approximate surface area is 123 Å². The number of halogens is 3. The number of aromatic nitrogens is 2. The third-order valence-electron chi connectivity index (χ3n) is 2.81. The molecular weight excluding hydrogens is 297 g/mol. The third-order valence-corrected chi connectivity index (χ3v) is 2.81.